The molecule has 0 radical (unpaired) electrons. The third-order valence-corrected chi connectivity index (χ3v) is 10.2. The summed E-state index contributed by atoms with van der Waals surface area (Å²) >= 11 is 0. The molecule has 4 unspecified atom stereocenters. The first-order valence-electron chi connectivity index (χ1n) is 16.1. The van der Waals surface area contributed by atoms with Gasteiger partial charge in [-0.15, -0.1) is 0 Å². The Labute approximate surface area is 266 Å². The van der Waals surface area contributed by atoms with Gasteiger partial charge in [-0.05, 0) is 82.2 Å². The zero-order valence-corrected chi connectivity index (χ0v) is 27.0. The Morgan fingerprint density at radius 2 is 1.73 bits per heavy atom. The quantitative estimate of drug-likeness (QED) is 0.129. The zero-order chi connectivity index (χ0) is 33.0. The van der Waals surface area contributed by atoms with Crippen molar-refractivity contribution in [3.05, 3.63) is 35.9 Å². The van der Waals surface area contributed by atoms with Gasteiger partial charge in [-0.1, -0.05) is 49.6 Å². The summed E-state index contributed by atoms with van der Waals surface area (Å²) in [5, 5.41) is 25.7. The van der Waals surface area contributed by atoms with Crippen LogP contribution in [0.1, 0.15) is 82.6 Å². The zero-order valence-electron chi connectivity index (χ0n) is 26.2. The maximum atomic E-state index is 13.9. The molecule has 12 nitrogen and oxygen atoms in total. The first-order chi connectivity index (χ1) is 21.3. The largest absolute Gasteiger partial charge is 0.481 e. The summed E-state index contributed by atoms with van der Waals surface area (Å²) in [5.74, 6) is -4.41. The number of unbranched alkanes of at least 4 members (excludes halogenated alkanes) is 1. The monoisotopic (exact) mass is 650 g/mol. The summed E-state index contributed by atoms with van der Waals surface area (Å²) in [7, 11) is -3.69. The molecule has 2 fully saturated rings. The number of sulfonamides is 1. The summed E-state index contributed by atoms with van der Waals surface area (Å²) in [5.41, 5.74) is 5.75. The Bertz CT molecular complexity index is 1250. The van der Waals surface area contributed by atoms with Crippen LogP contribution in [0.3, 0.4) is 0 Å². The van der Waals surface area contributed by atoms with E-state index < -0.39 is 51.2 Å². The van der Waals surface area contributed by atoms with E-state index >= 15 is 0 Å². The van der Waals surface area contributed by atoms with Gasteiger partial charge in [0.05, 0.1) is 23.5 Å². The van der Waals surface area contributed by atoms with Gasteiger partial charge in [-0.3, -0.25) is 19.2 Å². The molecule has 2 aliphatic rings. The number of hydrogen-bond donors (Lipinski definition) is 6. The molecule has 1 aromatic rings. The van der Waals surface area contributed by atoms with E-state index in [1.54, 1.807) is 0 Å². The third-order valence-electron chi connectivity index (χ3n) is 9.45. The smallest absolute Gasteiger partial charge is 0.308 e. The molecule has 0 saturated heterocycles. The van der Waals surface area contributed by atoms with Gasteiger partial charge in [-0.2, -0.15) is 0 Å². The molecule has 2 aliphatic carbocycles. The van der Waals surface area contributed by atoms with Gasteiger partial charge in [0.1, 0.15) is 6.04 Å². The van der Waals surface area contributed by atoms with Crippen LogP contribution >= 0.6 is 0 Å². The van der Waals surface area contributed by atoms with E-state index in [0.29, 0.717) is 57.9 Å². The highest BCUT2D eigenvalue weighted by Crippen LogP contribution is 2.44. The summed E-state index contributed by atoms with van der Waals surface area (Å²) in [6, 6.07) is 8.64. The van der Waals surface area contributed by atoms with Gasteiger partial charge >= 0.3 is 11.9 Å². The highest BCUT2D eigenvalue weighted by molar-refractivity contribution is 7.88. The van der Waals surface area contributed by atoms with Crippen molar-refractivity contribution in [2.45, 2.75) is 95.6 Å². The highest BCUT2D eigenvalue weighted by atomic mass is 32.2. The van der Waals surface area contributed by atoms with E-state index in [4.69, 9.17) is 5.73 Å². The molecule has 1 aromatic carbocycles. The molecule has 252 valence electrons. The molecule has 3 rings (SSSR count). The van der Waals surface area contributed by atoms with Crippen molar-refractivity contribution in [3.63, 3.8) is 0 Å². The fraction of sp³-hybridized carbons (Fsp3) is 0.688. The molecule has 0 aliphatic heterocycles. The lowest BCUT2D eigenvalue weighted by Crippen LogP contribution is -2.50. The molecule has 0 bridgehead atoms. The number of nitrogens with one attached hydrogen (secondary N) is 3. The molecule has 45 heavy (non-hydrogen) atoms. The van der Waals surface area contributed by atoms with Crippen molar-refractivity contribution in [2.75, 3.05) is 19.3 Å². The fourth-order valence-electron chi connectivity index (χ4n) is 7.01. The minimum absolute atomic E-state index is 0.0354. The molecule has 0 spiro atoms. The summed E-state index contributed by atoms with van der Waals surface area (Å²) in [6.45, 7) is 0.154. The Morgan fingerprint density at radius 1 is 1.04 bits per heavy atom. The number of carboxylic acids is 2. The average molecular weight is 651 g/mol. The van der Waals surface area contributed by atoms with E-state index in [9.17, 15) is 37.8 Å². The van der Waals surface area contributed by atoms with Crippen LogP contribution < -0.4 is 21.1 Å². The topological polar surface area (TPSA) is 205 Å². The van der Waals surface area contributed by atoms with E-state index in [-0.39, 0.29) is 37.3 Å². The van der Waals surface area contributed by atoms with Crippen LogP contribution in [0.2, 0.25) is 0 Å². The molecule has 2 amide bonds. The van der Waals surface area contributed by atoms with Crippen LogP contribution in [0.25, 0.3) is 0 Å². The predicted molar refractivity (Wildman–Crippen MR) is 169 cm³/mol. The number of aliphatic carboxylic acids is 2. The van der Waals surface area contributed by atoms with E-state index in [0.717, 1.165) is 31.1 Å². The molecule has 5 atom stereocenters. The lowest BCUT2D eigenvalue weighted by Gasteiger charge is -2.37. The first-order valence-corrected chi connectivity index (χ1v) is 18.0. The third kappa shape index (κ3) is 11.4. The second-order valence-corrected chi connectivity index (χ2v) is 14.7. The SMILES string of the molecule is CS(=O)(=O)N[C@@H](CCCCN)C(=O)NCC(CC1(C(=O)NC2CCC(C(=O)O)C(CCc3ccccc3)C2)CCCC1)C(=O)O. The van der Waals surface area contributed by atoms with Crippen molar-refractivity contribution in [1.29, 1.82) is 0 Å². The number of carbonyl (C=O) groups is 4. The molecular weight excluding hydrogens is 600 g/mol. The number of aryl methyl sites for hydroxylation is 1. The number of benzene rings is 1. The fourth-order valence-corrected chi connectivity index (χ4v) is 7.75. The second kappa shape index (κ2) is 17.0. The van der Waals surface area contributed by atoms with Crippen LogP contribution in [0.4, 0.5) is 0 Å². The molecule has 2 saturated carbocycles. The van der Waals surface area contributed by atoms with Gasteiger partial charge < -0.3 is 26.6 Å². The molecule has 0 heterocycles. The molecular formula is C32H50N4O8S. The van der Waals surface area contributed by atoms with Crippen LogP contribution in [-0.4, -0.2) is 73.8 Å². The molecule has 0 aromatic heterocycles. The minimum Gasteiger partial charge on any atom is -0.481 e. The molecule has 7 N–H and O–H groups in total. The van der Waals surface area contributed by atoms with Gasteiger partial charge in [-0.25, -0.2) is 13.1 Å². The van der Waals surface area contributed by atoms with Gasteiger partial charge in [0.2, 0.25) is 21.8 Å². The van der Waals surface area contributed by atoms with Crippen molar-refractivity contribution in [3.8, 4) is 0 Å². The lowest BCUT2D eigenvalue weighted by molar-refractivity contribution is -0.145. The van der Waals surface area contributed by atoms with E-state index in [1.165, 1.54) is 0 Å². The number of hydrogen-bond acceptors (Lipinski definition) is 7. The van der Waals surface area contributed by atoms with Crippen molar-refractivity contribution in [1.82, 2.24) is 15.4 Å². The standard InChI is InChI=1S/C32H50N4O8S/c1-45(43,44)36-27(11-5-8-18-33)28(37)34-21-24(29(38)39)20-32(16-6-7-17-32)31(42)35-25-14-15-26(30(40)41)23(19-25)13-12-22-9-3-2-4-10-22/h2-4,9-10,23-27,36H,5-8,11-21,33H2,1H3,(H,34,37)(H,35,42)(H,38,39)(H,40,41)/t23?,24?,25?,26?,27-/m0/s1. The molecule has 13 heteroatoms. The minimum atomic E-state index is -3.69. The number of carbonyl (C=O) groups excluding carboxylic acids is 2. The summed E-state index contributed by atoms with van der Waals surface area (Å²) in [4.78, 5) is 51.1. The van der Waals surface area contributed by atoms with E-state index in [1.807, 2.05) is 30.3 Å². The maximum Gasteiger partial charge on any atom is 0.308 e. The first kappa shape index (κ1) is 36.4. The Hall–Kier alpha value is -3.03. The average Bonchev–Trinajstić information content (AvgIpc) is 3.47. The summed E-state index contributed by atoms with van der Waals surface area (Å²) < 4.78 is 26.0. The summed E-state index contributed by atoms with van der Waals surface area (Å²) in [6.07, 6.45) is 7.93. The van der Waals surface area contributed by atoms with Crippen LogP contribution in [-0.2, 0) is 35.6 Å². The van der Waals surface area contributed by atoms with Gasteiger partial charge in [0.15, 0.2) is 0 Å². The predicted octanol–water partition coefficient (Wildman–Crippen LogP) is 2.42. The van der Waals surface area contributed by atoms with Crippen molar-refractivity contribution in [2.24, 2.45) is 28.9 Å². The van der Waals surface area contributed by atoms with Crippen LogP contribution in [0.15, 0.2) is 30.3 Å². The van der Waals surface area contributed by atoms with Gasteiger partial charge in [0, 0.05) is 12.6 Å². The maximum absolute atomic E-state index is 13.9. The van der Waals surface area contributed by atoms with Crippen molar-refractivity contribution < 1.29 is 37.8 Å². The van der Waals surface area contributed by atoms with Crippen LogP contribution in [0, 0.1) is 23.2 Å². The normalized spacial score (nSPS) is 22.7. The number of nitrogens with two attached hydrogens (primary N) is 1. The number of rotatable bonds is 18. The Kier molecular flexibility index (Phi) is 13.8. The van der Waals surface area contributed by atoms with Gasteiger partial charge in [0.25, 0.3) is 0 Å². The highest BCUT2D eigenvalue weighted by Gasteiger charge is 2.45. The number of amides is 2. The van der Waals surface area contributed by atoms with Crippen LogP contribution in [0.5, 0.6) is 0 Å². The van der Waals surface area contributed by atoms with Crippen molar-refractivity contribution >= 4 is 33.8 Å². The second-order valence-electron chi connectivity index (χ2n) is 12.9. The van der Waals surface area contributed by atoms with E-state index in [2.05, 4.69) is 15.4 Å². The Morgan fingerprint density at radius 3 is 2.33 bits per heavy atom. The number of carboxylic acid groups (broad SMARTS) is 2. The lowest BCUT2D eigenvalue weighted by atomic mass is 9.73. The Balaban J connectivity index is 1.65.